The smallest absolute Gasteiger partial charge is 0.171 e. The van der Waals surface area contributed by atoms with Gasteiger partial charge in [-0.25, -0.2) is 4.98 Å². The van der Waals surface area contributed by atoms with Crippen LogP contribution in [0.3, 0.4) is 0 Å². The fourth-order valence-electron chi connectivity index (χ4n) is 3.76. The van der Waals surface area contributed by atoms with Crippen molar-refractivity contribution < 1.29 is 20.1 Å². The van der Waals surface area contributed by atoms with Gasteiger partial charge in [0.05, 0.1) is 27.7 Å². The fraction of sp³-hybridized carbons (Fsp3) is 0.435. The standard InChI is InChI=1S/C23H26Cl2N2O4S/c1-23(2,3)13-6-4-12(5-7-13)11-32-22-26-16-8-14(24)15(25)9-17(16)27(22)21-20(30)19(29)18(10-28)31-21/h4-9,18-21,28-30H,10-11H2,1-3H3/t18-,19-,20-,21?/m1/s1. The number of benzene rings is 2. The van der Waals surface area contributed by atoms with Crippen LogP contribution < -0.4 is 0 Å². The van der Waals surface area contributed by atoms with Gasteiger partial charge in [0.2, 0.25) is 0 Å². The van der Waals surface area contributed by atoms with Crippen LogP contribution in [-0.2, 0) is 15.9 Å². The first-order valence-electron chi connectivity index (χ1n) is 10.3. The zero-order chi connectivity index (χ0) is 23.2. The summed E-state index contributed by atoms with van der Waals surface area (Å²) in [6.07, 6.45) is -4.26. The topological polar surface area (TPSA) is 87.7 Å². The molecule has 32 heavy (non-hydrogen) atoms. The summed E-state index contributed by atoms with van der Waals surface area (Å²) < 4.78 is 7.50. The van der Waals surface area contributed by atoms with Gasteiger partial charge in [0.1, 0.15) is 18.3 Å². The summed E-state index contributed by atoms with van der Waals surface area (Å²) in [6.45, 7) is 6.12. The van der Waals surface area contributed by atoms with Gasteiger partial charge in [-0.15, -0.1) is 0 Å². The summed E-state index contributed by atoms with van der Waals surface area (Å²) in [7, 11) is 0. The van der Waals surface area contributed by atoms with E-state index in [-0.39, 0.29) is 5.41 Å². The van der Waals surface area contributed by atoms with Crippen LogP contribution in [-0.4, -0.2) is 49.8 Å². The number of rotatable bonds is 5. The first kappa shape index (κ1) is 23.8. The number of ether oxygens (including phenoxy) is 1. The third kappa shape index (κ3) is 4.53. The number of fused-ring (bicyclic) bond motifs is 1. The molecular weight excluding hydrogens is 471 g/mol. The van der Waals surface area contributed by atoms with Gasteiger partial charge in [-0.1, -0.05) is 80.0 Å². The first-order valence-corrected chi connectivity index (χ1v) is 12.1. The highest BCUT2D eigenvalue weighted by atomic mass is 35.5. The van der Waals surface area contributed by atoms with Crippen LogP contribution in [0.5, 0.6) is 0 Å². The van der Waals surface area contributed by atoms with Crippen LogP contribution in [0, 0.1) is 0 Å². The number of aromatic nitrogens is 2. The molecule has 2 heterocycles. The van der Waals surface area contributed by atoms with Crippen molar-refractivity contribution in [3.8, 4) is 0 Å². The Morgan fingerprint density at radius 2 is 1.72 bits per heavy atom. The summed E-state index contributed by atoms with van der Waals surface area (Å²) >= 11 is 13.9. The zero-order valence-electron chi connectivity index (χ0n) is 18.0. The molecule has 3 aromatic rings. The molecule has 6 nitrogen and oxygen atoms in total. The average Bonchev–Trinajstić information content (AvgIpc) is 3.23. The number of hydrogen-bond acceptors (Lipinski definition) is 6. The van der Waals surface area contributed by atoms with Gasteiger partial charge in [0, 0.05) is 5.75 Å². The lowest BCUT2D eigenvalue weighted by Crippen LogP contribution is -2.33. The van der Waals surface area contributed by atoms with Gasteiger partial charge in [-0.05, 0) is 28.7 Å². The number of thioether (sulfide) groups is 1. The largest absolute Gasteiger partial charge is 0.394 e. The van der Waals surface area contributed by atoms with Crippen molar-refractivity contribution in [3.05, 3.63) is 57.6 Å². The molecule has 0 radical (unpaired) electrons. The Labute approximate surface area is 201 Å². The van der Waals surface area contributed by atoms with E-state index in [2.05, 4.69) is 50.0 Å². The monoisotopic (exact) mass is 496 g/mol. The number of aliphatic hydroxyl groups is 3. The summed E-state index contributed by atoms with van der Waals surface area (Å²) in [5.74, 6) is 0.643. The predicted octanol–water partition coefficient (Wildman–Crippen LogP) is 4.54. The lowest BCUT2D eigenvalue weighted by Gasteiger charge is -2.20. The van der Waals surface area contributed by atoms with E-state index in [1.165, 1.54) is 17.3 Å². The Hall–Kier alpha value is -1.32. The van der Waals surface area contributed by atoms with E-state index in [4.69, 9.17) is 27.9 Å². The van der Waals surface area contributed by atoms with Crippen molar-refractivity contribution >= 4 is 46.0 Å². The van der Waals surface area contributed by atoms with Gasteiger partial charge in [-0.2, -0.15) is 0 Å². The molecule has 9 heteroatoms. The Bertz CT molecular complexity index is 1110. The molecule has 1 aliphatic heterocycles. The van der Waals surface area contributed by atoms with Crippen molar-refractivity contribution in [2.45, 2.75) is 61.6 Å². The maximum atomic E-state index is 10.6. The lowest BCUT2D eigenvalue weighted by molar-refractivity contribution is -0.0546. The molecule has 0 spiro atoms. The minimum Gasteiger partial charge on any atom is -0.394 e. The second-order valence-corrected chi connectivity index (χ2v) is 10.7. The molecule has 1 aliphatic rings. The molecular formula is C23H26Cl2N2O4S. The van der Waals surface area contributed by atoms with E-state index >= 15 is 0 Å². The van der Waals surface area contributed by atoms with E-state index in [1.807, 2.05) is 0 Å². The molecule has 1 aromatic heterocycles. The van der Waals surface area contributed by atoms with Crippen LogP contribution in [0.1, 0.15) is 38.1 Å². The lowest BCUT2D eigenvalue weighted by atomic mass is 9.87. The molecule has 2 aromatic carbocycles. The van der Waals surface area contributed by atoms with E-state index in [0.717, 1.165) is 5.56 Å². The third-order valence-corrected chi connectivity index (χ3v) is 7.40. The van der Waals surface area contributed by atoms with Crippen LogP contribution in [0.15, 0.2) is 41.6 Å². The molecule has 0 bridgehead atoms. The minimum atomic E-state index is -1.23. The van der Waals surface area contributed by atoms with E-state index in [0.29, 0.717) is 32.0 Å². The number of aliphatic hydroxyl groups excluding tert-OH is 3. The molecule has 4 rings (SSSR count). The number of nitrogens with zero attached hydrogens (tertiary/aromatic N) is 2. The molecule has 0 saturated carbocycles. The van der Waals surface area contributed by atoms with Gasteiger partial charge >= 0.3 is 0 Å². The van der Waals surface area contributed by atoms with Crippen molar-refractivity contribution in [2.75, 3.05) is 6.61 Å². The average molecular weight is 497 g/mol. The van der Waals surface area contributed by atoms with Crippen molar-refractivity contribution in [1.29, 1.82) is 0 Å². The van der Waals surface area contributed by atoms with Gasteiger partial charge in [0.15, 0.2) is 11.4 Å². The van der Waals surface area contributed by atoms with Gasteiger partial charge in [0.25, 0.3) is 0 Å². The Balaban J connectivity index is 1.69. The van der Waals surface area contributed by atoms with Crippen molar-refractivity contribution in [1.82, 2.24) is 9.55 Å². The number of imidazole rings is 1. The molecule has 172 valence electrons. The number of halogens is 2. The summed E-state index contributed by atoms with van der Waals surface area (Å²) in [5, 5.41) is 31.7. The Morgan fingerprint density at radius 3 is 2.31 bits per heavy atom. The SMILES string of the molecule is CC(C)(C)c1ccc(CSc2nc3cc(Cl)c(Cl)cc3n2C2O[C@H](CO)[C@@H](O)[C@H]2O)cc1. The minimum absolute atomic E-state index is 0.0816. The zero-order valence-corrected chi connectivity index (χ0v) is 20.3. The summed E-state index contributed by atoms with van der Waals surface area (Å²) in [4.78, 5) is 4.69. The van der Waals surface area contributed by atoms with E-state index < -0.39 is 31.1 Å². The number of hydrogen-bond donors (Lipinski definition) is 3. The molecule has 3 N–H and O–H groups in total. The molecule has 0 amide bonds. The summed E-state index contributed by atoms with van der Waals surface area (Å²) in [5.41, 5.74) is 3.69. The first-order chi connectivity index (χ1) is 15.1. The predicted molar refractivity (Wildman–Crippen MR) is 127 cm³/mol. The van der Waals surface area contributed by atoms with Gasteiger partial charge < -0.3 is 20.1 Å². The van der Waals surface area contributed by atoms with Crippen LogP contribution in [0.4, 0.5) is 0 Å². The molecule has 1 fully saturated rings. The second-order valence-electron chi connectivity index (χ2n) is 8.98. The fourth-order valence-corrected chi connectivity index (χ4v) is 5.07. The third-order valence-electron chi connectivity index (χ3n) is 5.66. The van der Waals surface area contributed by atoms with E-state index in [1.54, 1.807) is 16.7 Å². The van der Waals surface area contributed by atoms with Crippen LogP contribution in [0.2, 0.25) is 10.0 Å². The highest BCUT2D eigenvalue weighted by molar-refractivity contribution is 7.98. The molecule has 1 unspecified atom stereocenters. The normalized spacial score (nSPS) is 23.9. The quantitative estimate of drug-likeness (QED) is 0.449. The highest BCUT2D eigenvalue weighted by Crippen LogP contribution is 2.39. The van der Waals surface area contributed by atoms with Crippen LogP contribution >= 0.6 is 35.0 Å². The van der Waals surface area contributed by atoms with Crippen molar-refractivity contribution in [2.24, 2.45) is 0 Å². The maximum absolute atomic E-state index is 10.6. The van der Waals surface area contributed by atoms with E-state index in [9.17, 15) is 15.3 Å². The second kappa shape index (κ2) is 9.14. The van der Waals surface area contributed by atoms with Crippen molar-refractivity contribution in [3.63, 3.8) is 0 Å². The molecule has 4 atom stereocenters. The molecule has 1 saturated heterocycles. The molecule has 0 aliphatic carbocycles. The van der Waals surface area contributed by atoms with Gasteiger partial charge in [-0.3, -0.25) is 4.57 Å². The maximum Gasteiger partial charge on any atom is 0.171 e. The summed E-state index contributed by atoms with van der Waals surface area (Å²) in [6, 6.07) is 11.8. The highest BCUT2D eigenvalue weighted by Gasteiger charge is 2.44. The van der Waals surface area contributed by atoms with Crippen LogP contribution in [0.25, 0.3) is 11.0 Å². The Morgan fingerprint density at radius 1 is 1.06 bits per heavy atom. The Kier molecular flexibility index (Phi) is 6.81.